The van der Waals surface area contributed by atoms with Gasteiger partial charge in [0.1, 0.15) is 41.2 Å². The predicted octanol–water partition coefficient (Wildman–Crippen LogP) is 3.55. The van der Waals surface area contributed by atoms with Crippen molar-refractivity contribution in [1.29, 1.82) is 0 Å². The van der Waals surface area contributed by atoms with Crippen LogP contribution in [0.25, 0.3) is 16.8 Å². The fourth-order valence-electron chi connectivity index (χ4n) is 5.30. The van der Waals surface area contributed by atoms with Crippen molar-refractivity contribution in [2.75, 3.05) is 32.1 Å². The highest BCUT2D eigenvalue weighted by atomic mass is 19.4. The lowest BCUT2D eigenvalue weighted by Gasteiger charge is -2.41. The first kappa shape index (κ1) is 26.2. The Morgan fingerprint density at radius 1 is 1.07 bits per heavy atom. The number of nitrogens with two attached hydrogens (primary N) is 1. The third kappa shape index (κ3) is 4.47. The predicted molar refractivity (Wildman–Crippen MR) is 138 cm³/mol. The topological polar surface area (TPSA) is 115 Å². The van der Waals surface area contributed by atoms with Crippen LogP contribution in [0.4, 0.5) is 19.0 Å². The molecule has 2 aromatic heterocycles. The van der Waals surface area contributed by atoms with Gasteiger partial charge in [-0.25, -0.2) is 9.97 Å². The number of rotatable bonds is 4. The van der Waals surface area contributed by atoms with Crippen molar-refractivity contribution < 1.29 is 32.5 Å². The Morgan fingerprint density at radius 2 is 1.82 bits per heavy atom. The van der Waals surface area contributed by atoms with Crippen LogP contribution in [-0.2, 0) is 26.0 Å². The van der Waals surface area contributed by atoms with Crippen LogP contribution in [0.1, 0.15) is 35.5 Å². The van der Waals surface area contributed by atoms with E-state index in [4.69, 9.17) is 20.2 Å². The van der Waals surface area contributed by atoms with Gasteiger partial charge in [0, 0.05) is 18.0 Å². The lowest BCUT2D eigenvalue weighted by atomic mass is 9.87. The van der Waals surface area contributed by atoms with Crippen molar-refractivity contribution >= 4 is 17.2 Å². The summed E-state index contributed by atoms with van der Waals surface area (Å²) < 4.78 is 53.0. The fourth-order valence-corrected chi connectivity index (χ4v) is 5.30. The Bertz CT molecular complexity index is 1590. The molecule has 2 saturated heterocycles. The minimum atomic E-state index is -4.53. The number of nitrogens with zero attached hydrogens (tertiary/aromatic N) is 4. The van der Waals surface area contributed by atoms with Crippen molar-refractivity contribution in [2.45, 2.75) is 30.8 Å². The van der Waals surface area contributed by atoms with E-state index < -0.39 is 23.4 Å². The van der Waals surface area contributed by atoms with Gasteiger partial charge in [-0.05, 0) is 30.2 Å². The molecule has 2 fully saturated rings. The van der Waals surface area contributed by atoms with E-state index in [1.165, 1.54) is 19.1 Å². The molecule has 0 bridgehead atoms. The molecule has 6 rings (SSSR count). The van der Waals surface area contributed by atoms with E-state index >= 15 is 0 Å². The van der Waals surface area contributed by atoms with Crippen LogP contribution in [0.5, 0.6) is 0 Å². The molecule has 12 heteroatoms. The zero-order valence-corrected chi connectivity index (χ0v) is 21.4. The van der Waals surface area contributed by atoms with Gasteiger partial charge in [-0.2, -0.15) is 13.2 Å². The summed E-state index contributed by atoms with van der Waals surface area (Å²) in [5.74, 6) is 0.694. The number of carbonyl (C=O) groups excluding carboxylic acids is 1. The summed E-state index contributed by atoms with van der Waals surface area (Å²) >= 11 is 0. The number of amides is 1. The number of morpholine rings is 2. The van der Waals surface area contributed by atoms with Crippen molar-refractivity contribution in [3.63, 3.8) is 0 Å². The van der Waals surface area contributed by atoms with Gasteiger partial charge in [-0.15, -0.1) is 0 Å². The third-order valence-corrected chi connectivity index (χ3v) is 7.52. The Labute approximate surface area is 227 Å². The monoisotopic (exact) mass is 553 g/mol. The SMILES string of the molecule is C[C@@](O)(c1ccc(-c2nc([C@H]3CN4C(=O)COC[C@@H]4CO3)n3ccnc(N)c23)cc1)c1cccc(C(F)(F)F)c1. The number of ether oxygens (including phenoxy) is 2. The maximum Gasteiger partial charge on any atom is 0.416 e. The van der Waals surface area contributed by atoms with Crippen LogP contribution in [0.3, 0.4) is 0 Å². The summed E-state index contributed by atoms with van der Waals surface area (Å²) in [6.45, 7) is 2.51. The summed E-state index contributed by atoms with van der Waals surface area (Å²) in [5.41, 5.74) is 5.99. The fraction of sp³-hybridized carbons (Fsp3) is 0.321. The van der Waals surface area contributed by atoms with Crippen LogP contribution in [0.2, 0.25) is 0 Å². The number of halogens is 3. The van der Waals surface area contributed by atoms with Crippen molar-refractivity contribution in [3.8, 4) is 11.3 Å². The number of aliphatic hydroxyl groups is 1. The van der Waals surface area contributed by atoms with Gasteiger partial charge in [0.2, 0.25) is 5.91 Å². The number of hydrogen-bond donors (Lipinski definition) is 2. The Hall–Kier alpha value is -4.00. The smallest absolute Gasteiger partial charge is 0.382 e. The van der Waals surface area contributed by atoms with Gasteiger partial charge in [-0.1, -0.05) is 36.4 Å². The van der Waals surface area contributed by atoms with E-state index in [2.05, 4.69) is 4.98 Å². The van der Waals surface area contributed by atoms with E-state index in [0.29, 0.717) is 47.9 Å². The Morgan fingerprint density at radius 3 is 2.58 bits per heavy atom. The van der Waals surface area contributed by atoms with Gasteiger partial charge in [0.25, 0.3) is 0 Å². The van der Waals surface area contributed by atoms with Crippen LogP contribution in [-0.4, -0.2) is 62.7 Å². The zero-order chi connectivity index (χ0) is 28.2. The Kier molecular flexibility index (Phi) is 6.28. The molecule has 0 unspecified atom stereocenters. The highest BCUT2D eigenvalue weighted by Gasteiger charge is 2.38. The minimum Gasteiger partial charge on any atom is -0.382 e. The minimum absolute atomic E-state index is 0.0320. The molecule has 4 aromatic rings. The van der Waals surface area contributed by atoms with E-state index in [1.54, 1.807) is 46.0 Å². The number of fused-ring (bicyclic) bond motifs is 2. The van der Waals surface area contributed by atoms with Crippen LogP contribution >= 0.6 is 0 Å². The molecule has 0 aliphatic carbocycles. The van der Waals surface area contributed by atoms with Crippen LogP contribution < -0.4 is 5.73 Å². The standard InChI is InChI=1S/C28H26F3N5O4/c1-27(38,18-3-2-4-19(11-18)28(29,30)31)17-7-5-16(6-8-17)23-24-25(32)33-9-10-35(24)26(34-23)21-12-36-20(14-40-21)13-39-15-22(36)37/h2-11,20-21,38H,12-15H2,1H3,(H2,32,33)/t20-,21-,27-/m1/s1. The number of hydrogen-bond acceptors (Lipinski definition) is 7. The molecule has 0 radical (unpaired) electrons. The highest BCUT2D eigenvalue weighted by Crippen LogP contribution is 2.37. The van der Waals surface area contributed by atoms with Gasteiger partial charge in [0.05, 0.1) is 31.4 Å². The van der Waals surface area contributed by atoms with E-state index in [-0.39, 0.29) is 29.9 Å². The van der Waals surface area contributed by atoms with Crippen LogP contribution in [0, 0.1) is 0 Å². The van der Waals surface area contributed by atoms with Gasteiger partial charge in [-0.3, -0.25) is 9.20 Å². The maximum absolute atomic E-state index is 13.3. The molecule has 0 spiro atoms. The second-order valence-corrected chi connectivity index (χ2v) is 10.1. The normalized spacial score (nSPS) is 21.3. The molecular weight excluding hydrogens is 527 g/mol. The van der Waals surface area contributed by atoms with Gasteiger partial charge in [0.15, 0.2) is 0 Å². The first-order valence-corrected chi connectivity index (χ1v) is 12.7. The molecule has 40 heavy (non-hydrogen) atoms. The summed E-state index contributed by atoms with van der Waals surface area (Å²) in [5, 5.41) is 11.2. The number of nitrogen functional groups attached to an aromatic ring is 1. The van der Waals surface area contributed by atoms with E-state index in [1.807, 2.05) is 0 Å². The average Bonchev–Trinajstić information content (AvgIpc) is 3.34. The number of alkyl halides is 3. The molecule has 208 valence electrons. The molecule has 1 amide bonds. The molecular formula is C28H26F3N5O4. The van der Waals surface area contributed by atoms with Gasteiger partial charge < -0.3 is 25.2 Å². The average molecular weight is 554 g/mol. The second kappa shape index (κ2) is 9.58. The molecule has 3 N–H and O–H groups in total. The lowest BCUT2D eigenvalue weighted by molar-refractivity contribution is -0.166. The summed E-state index contributed by atoms with van der Waals surface area (Å²) in [7, 11) is 0. The van der Waals surface area contributed by atoms with E-state index in [9.17, 15) is 23.1 Å². The number of carbonyl (C=O) groups is 1. The molecule has 9 nitrogen and oxygen atoms in total. The second-order valence-electron chi connectivity index (χ2n) is 10.1. The third-order valence-electron chi connectivity index (χ3n) is 7.52. The number of imidazole rings is 1. The number of aromatic nitrogens is 3. The quantitative estimate of drug-likeness (QED) is 0.397. The maximum atomic E-state index is 13.3. The molecule has 0 saturated carbocycles. The van der Waals surface area contributed by atoms with Gasteiger partial charge >= 0.3 is 6.18 Å². The summed E-state index contributed by atoms with van der Waals surface area (Å²) in [6.07, 6.45) is -1.76. The molecule has 2 aliphatic rings. The first-order valence-electron chi connectivity index (χ1n) is 12.7. The highest BCUT2D eigenvalue weighted by molar-refractivity contribution is 5.85. The number of benzene rings is 2. The summed E-state index contributed by atoms with van der Waals surface area (Å²) in [4.78, 5) is 23.3. The molecule has 2 aliphatic heterocycles. The van der Waals surface area contributed by atoms with E-state index in [0.717, 1.165) is 12.1 Å². The van der Waals surface area contributed by atoms with Crippen molar-refractivity contribution in [2.24, 2.45) is 0 Å². The largest absolute Gasteiger partial charge is 0.416 e. The summed E-state index contributed by atoms with van der Waals surface area (Å²) in [6, 6.07) is 11.2. The Balaban J connectivity index is 1.35. The lowest BCUT2D eigenvalue weighted by Crippen LogP contribution is -2.56. The molecule has 3 atom stereocenters. The van der Waals surface area contributed by atoms with Crippen molar-refractivity contribution in [1.82, 2.24) is 19.3 Å². The zero-order valence-electron chi connectivity index (χ0n) is 21.4. The molecule has 2 aromatic carbocycles. The molecule has 4 heterocycles. The first-order chi connectivity index (χ1) is 19.0. The van der Waals surface area contributed by atoms with Crippen LogP contribution in [0.15, 0.2) is 60.9 Å². The number of anilines is 1. The van der Waals surface area contributed by atoms with Crippen molar-refractivity contribution in [3.05, 3.63) is 83.4 Å².